The van der Waals surface area contributed by atoms with Gasteiger partial charge in [-0.15, -0.1) is 0 Å². The Kier molecular flexibility index (Phi) is 6.72. The van der Waals surface area contributed by atoms with Crippen LogP contribution < -0.4 is 16.0 Å². The first-order valence-electron chi connectivity index (χ1n) is 12.4. The summed E-state index contributed by atoms with van der Waals surface area (Å²) in [6.45, 7) is 8.82. The fraction of sp³-hybridized carbons (Fsp3) is 0.226. The molecule has 1 fully saturated rings. The molecule has 0 aromatic heterocycles. The largest absolute Gasteiger partial charge is 0.363 e. The average Bonchev–Trinajstić information content (AvgIpc) is 3.01. The van der Waals surface area contributed by atoms with Gasteiger partial charge in [0.05, 0.1) is 17.1 Å². The molecule has 3 N–H and O–H groups in total. The fourth-order valence-corrected chi connectivity index (χ4v) is 4.73. The molecule has 0 saturated carbocycles. The molecule has 2 heterocycles. The van der Waals surface area contributed by atoms with Gasteiger partial charge in [0, 0.05) is 31.2 Å². The van der Waals surface area contributed by atoms with E-state index in [1.807, 2.05) is 18.4 Å². The average molecular weight is 477 g/mol. The second-order valence-corrected chi connectivity index (χ2v) is 9.72. The molecule has 0 spiro atoms. The zero-order chi connectivity index (χ0) is 25.1. The number of piperidine rings is 1. The van der Waals surface area contributed by atoms with Crippen molar-refractivity contribution in [3.05, 3.63) is 113 Å². The quantitative estimate of drug-likeness (QED) is 0.418. The molecular weight excluding hydrogens is 444 g/mol. The number of carbonyl (C=O) groups excluding carboxylic acids is 1. The molecule has 1 aromatic rings. The third-order valence-electron chi connectivity index (χ3n) is 6.75. The molecule has 2 aliphatic carbocycles. The van der Waals surface area contributed by atoms with Crippen molar-refractivity contribution < 1.29 is 4.79 Å². The standard InChI is InChI=1S/C31H32N4O/c1-4-27(23-7-5-6-20(2)8-10-23)32-18-21(3)14-30-34-28-13-12-25(17-29(28)35-30)24-11-9-22-15-26(16-24)31(36)33-19-22/h4-5,7-13,16-18,30,34-35H,1,6,14-15,19H2,2-3H3,(H,33,36)/b21-18+,32-27?. The normalized spacial score (nSPS) is 21.3. The van der Waals surface area contributed by atoms with Crippen LogP contribution in [0.2, 0.25) is 0 Å². The molecule has 1 saturated heterocycles. The number of carbonyl (C=O) groups is 1. The van der Waals surface area contributed by atoms with Crippen LogP contribution >= 0.6 is 0 Å². The van der Waals surface area contributed by atoms with Crippen LogP contribution in [-0.4, -0.2) is 24.3 Å². The number of allylic oxidation sites excluding steroid dienone is 11. The van der Waals surface area contributed by atoms with Crippen molar-refractivity contribution in [3.8, 4) is 0 Å². The molecule has 2 aliphatic heterocycles. The smallest absolute Gasteiger partial charge is 0.247 e. The number of nitrogens with zero attached hydrogens (tertiary/aromatic N) is 1. The Bertz CT molecular complexity index is 1360. The van der Waals surface area contributed by atoms with Crippen LogP contribution in [0.15, 0.2) is 112 Å². The van der Waals surface area contributed by atoms with Crippen molar-refractivity contribution in [2.45, 2.75) is 39.3 Å². The molecule has 1 aromatic carbocycles. The zero-order valence-electron chi connectivity index (χ0n) is 20.9. The van der Waals surface area contributed by atoms with Crippen molar-refractivity contribution in [1.82, 2.24) is 5.32 Å². The number of rotatable bonds is 6. The first kappa shape index (κ1) is 23.6. The third-order valence-corrected chi connectivity index (χ3v) is 6.75. The van der Waals surface area contributed by atoms with Crippen molar-refractivity contribution in [2.75, 3.05) is 17.2 Å². The second kappa shape index (κ2) is 10.2. The van der Waals surface area contributed by atoms with Gasteiger partial charge in [-0.3, -0.25) is 9.79 Å². The Labute approximate surface area is 213 Å². The number of anilines is 2. The van der Waals surface area contributed by atoms with Crippen LogP contribution in [0.5, 0.6) is 0 Å². The highest BCUT2D eigenvalue weighted by Gasteiger charge is 2.22. The van der Waals surface area contributed by atoms with Crippen LogP contribution in [0.3, 0.4) is 0 Å². The topological polar surface area (TPSA) is 65.5 Å². The molecule has 4 aliphatic rings. The summed E-state index contributed by atoms with van der Waals surface area (Å²) in [7, 11) is 0. The molecule has 2 bridgehead atoms. The lowest BCUT2D eigenvalue weighted by Crippen LogP contribution is -2.32. The Morgan fingerprint density at radius 1 is 1.17 bits per heavy atom. The van der Waals surface area contributed by atoms with Crippen LogP contribution in [0.1, 0.15) is 38.7 Å². The molecular formula is C31H32N4O. The summed E-state index contributed by atoms with van der Waals surface area (Å²) in [4.78, 5) is 16.9. The number of hydrogen-bond donors (Lipinski definition) is 3. The van der Waals surface area contributed by atoms with Gasteiger partial charge in [-0.2, -0.15) is 0 Å². The molecule has 1 unspecified atom stereocenters. The van der Waals surface area contributed by atoms with Crippen molar-refractivity contribution in [2.24, 2.45) is 4.99 Å². The number of fused-ring (bicyclic) bond motifs is 3. The summed E-state index contributed by atoms with van der Waals surface area (Å²) in [5.41, 5.74) is 10.8. The Balaban J connectivity index is 1.28. The third kappa shape index (κ3) is 5.25. The summed E-state index contributed by atoms with van der Waals surface area (Å²) in [6, 6.07) is 6.37. The second-order valence-electron chi connectivity index (χ2n) is 9.72. The number of benzene rings is 1. The van der Waals surface area contributed by atoms with Gasteiger partial charge in [-0.05, 0) is 66.8 Å². The highest BCUT2D eigenvalue weighted by molar-refractivity contribution is 6.10. The number of amides is 1. The molecule has 5 rings (SSSR count). The maximum atomic E-state index is 12.2. The van der Waals surface area contributed by atoms with Gasteiger partial charge in [0.25, 0.3) is 0 Å². The zero-order valence-corrected chi connectivity index (χ0v) is 20.9. The van der Waals surface area contributed by atoms with E-state index >= 15 is 0 Å². The molecule has 36 heavy (non-hydrogen) atoms. The van der Waals surface area contributed by atoms with Crippen molar-refractivity contribution in [1.29, 1.82) is 0 Å². The lowest BCUT2D eigenvalue weighted by atomic mass is 9.99. The summed E-state index contributed by atoms with van der Waals surface area (Å²) in [5, 5.41) is 10.1. The van der Waals surface area contributed by atoms with Gasteiger partial charge in [0.1, 0.15) is 6.17 Å². The van der Waals surface area contributed by atoms with Gasteiger partial charge in [-0.1, -0.05) is 60.2 Å². The van der Waals surface area contributed by atoms with Crippen LogP contribution in [0.25, 0.3) is 5.57 Å². The summed E-state index contributed by atoms with van der Waals surface area (Å²) >= 11 is 0. The number of aliphatic imine (C=N–C) groups is 1. The maximum Gasteiger partial charge on any atom is 0.247 e. The minimum atomic E-state index is 0.0310. The van der Waals surface area contributed by atoms with E-state index in [4.69, 9.17) is 4.99 Å². The van der Waals surface area contributed by atoms with Gasteiger partial charge in [0.2, 0.25) is 5.91 Å². The van der Waals surface area contributed by atoms with E-state index in [2.05, 4.69) is 91.0 Å². The highest BCUT2D eigenvalue weighted by Crippen LogP contribution is 2.35. The highest BCUT2D eigenvalue weighted by atomic mass is 16.1. The fourth-order valence-electron chi connectivity index (χ4n) is 4.73. The van der Waals surface area contributed by atoms with E-state index in [0.29, 0.717) is 6.54 Å². The predicted octanol–water partition coefficient (Wildman–Crippen LogP) is 6.37. The van der Waals surface area contributed by atoms with E-state index in [1.165, 1.54) is 16.7 Å². The summed E-state index contributed by atoms with van der Waals surface area (Å²) in [5.74, 6) is 0.0310. The molecule has 1 atom stereocenters. The molecule has 5 nitrogen and oxygen atoms in total. The Hall–Kier alpha value is -4.12. The van der Waals surface area contributed by atoms with E-state index in [9.17, 15) is 4.79 Å². The number of nitrogens with one attached hydrogen (secondary N) is 3. The van der Waals surface area contributed by atoms with Gasteiger partial charge < -0.3 is 16.0 Å². The molecule has 5 heteroatoms. The van der Waals surface area contributed by atoms with Gasteiger partial charge >= 0.3 is 0 Å². The van der Waals surface area contributed by atoms with E-state index in [-0.39, 0.29) is 12.1 Å². The van der Waals surface area contributed by atoms with Crippen LogP contribution in [0.4, 0.5) is 11.4 Å². The summed E-state index contributed by atoms with van der Waals surface area (Å²) in [6.07, 6.45) is 21.1. The first-order valence-corrected chi connectivity index (χ1v) is 12.4. The van der Waals surface area contributed by atoms with E-state index < -0.39 is 0 Å². The minimum Gasteiger partial charge on any atom is -0.363 e. The Morgan fingerprint density at radius 3 is 2.89 bits per heavy atom. The SMILES string of the molecule is C=CC(=N/C=C(\C)CC1Nc2ccc(C3=CC=C4CNC(=O)C(=C3)C4)cc2N1)C1=CC=C(C)CC=C1. The van der Waals surface area contributed by atoms with E-state index in [0.717, 1.165) is 58.6 Å². The predicted molar refractivity (Wildman–Crippen MR) is 151 cm³/mol. The van der Waals surface area contributed by atoms with Gasteiger partial charge in [0.15, 0.2) is 0 Å². The van der Waals surface area contributed by atoms with Crippen LogP contribution in [-0.2, 0) is 4.79 Å². The molecule has 0 radical (unpaired) electrons. The van der Waals surface area contributed by atoms with Crippen molar-refractivity contribution in [3.63, 3.8) is 0 Å². The van der Waals surface area contributed by atoms with Crippen molar-refractivity contribution >= 4 is 28.6 Å². The Morgan fingerprint density at radius 2 is 2.03 bits per heavy atom. The van der Waals surface area contributed by atoms with Gasteiger partial charge in [-0.25, -0.2) is 0 Å². The van der Waals surface area contributed by atoms with Crippen LogP contribution in [0, 0.1) is 0 Å². The minimum absolute atomic E-state index is 0.0310. The van der Waals surface area contributed by atoms with E-state index in [1.54, 1.807) is 0 Å². The maximum absolute atomic E-state index is 12.2. The monoisotopic (exact) mass is 476 g/mol. The first-order chi connectivity index (χ1) is 17.5. The lowest BCUT2D eigenvalue weighted by molar-refractivity contribution is -0.117. The number of hydrogen-bond acceptors (Lipinski definition) is 4. The summed E-state index contributed by atoms with van der Waals surface area (Å²) < 4.78 is 0. The molecule has 182 valence electrons. The molecule has 1 amide bonds. The lowest BCUT2D eigenvalue weighted by Gasteiger charge is -2.16.